The van der Waals surface area contributed by atoms with Gasteiger partial charge in [-0.25, -0.2) is 13.1 Å². The Bertz CT molecular complexity index is 2030. The third kappa shape index (κ3) is 5.87. The van der Waals surface area contributed by atoms with Crippen LogP contribution in [0.25, 0.3) is 27.4 Å². The van der Waals surface area contributed by atoms with Crippen LogP contribution < -0.4 is 15.6 Å². The van der Waals surface area contributed by atoms with Crippen molar-refractivity contribution in [1.82, 2.24) is 24.6 Å². The van der Waals surface area contributed by atoms with Crippen LogP contribution in [0.15, 0.2) is 83.9 Å². The molecular weight excluding hydrogens is 538 g/mol. The fourth-order valence-electron chi connectivity index (χ4n) is 4.70. The van der Waals surface area contributed by atoms with E-state index in [0.717, 1.165) is 11.6 Å². The summed E-state index contributed by atoms with van der Waals surface area (Å²) in [5, 5.41) is 4.84. The van der Waals surface area contributed by atoms with E-state index in [2.05, 4.69) is 31.8 Å². The lowest BCUT2D eigenvalue weighted by atomic mass is 10.0. The maximum atomic E-state index is 14.1. The second-order valence-electron chi connectivity index (χ2n) is 9.57. The molecule has 0 spiro atoms. The molecule has 0 aliphatic rings. The van der Waals surface area contributed by atoms with Crippen LogP contribution in [0.1, 0.15) is 40.3 Å². The Morgan fingerprint density at radius 3 is 2.54 bits per heavy atom. The number of nitrogens with one attached hydrogen (secondary N) is 2. The van der Waals surface area contributed by atoms with Crippen LogP contribution >= 0.6 is 0 Å². The summed E-state index contributed by atoms with van der Waals surface area (Å²) in [4.78, 5) is 36.5. The molecule has 0 saturated heterocycles. The van der Waals surface area contributed by atoms with Crippen LogP contribution in [0.2, 0.25) is 0 Å². The number of hydrogen-bond donors (Lipinski definition) is 2. The standard InChI is InChI=1S/C31H27N5O4S/c1-20(35-30(37)27-21(2)33-19-24-13-8-16-32-29(24)27)26-18-23-11-7-10-22(12-9-17-34-41(3,39)40)28(23)31(38)36(26)25-14-5-4-6-15-25/h4-8,10-11,13-16,18-20,34H,17H2,1-3H3,(H,35,37). The number of nitrogens with zero attached hydrogens (tertiary/aromatic N) is 3. The number of amides is 1. The van der Waals surface area contributed by atoms with Gasteiger partial charge in [-0.3, -0.25) is 24.1 Å². The molecule has 0 fully saturated rings. The van der Waals surface area contributed by atoms with Gasteiger partial charge in [-0.2, -0.15) is 0 Å². The molecule has 0 bridgehead atoms. The molecule has 1 amide bonds. The van der Waals surface area contributed by atoms with E-state index in [1.54, 1.807) is 42.1 Å². The summed E-state index contributed by atoms with van der Waals surface area (Å²) in [5.41, 5.74) is 2.84. The van der Waals surface area contributed by atoms with E-state index < -0.39 is 16.1 Å². The van der Waals surface area contributed by atoms with E-state index in [-0.39, 0.29) is 18.0 Å². The third-order valence-corrected chi connectivity index (χ3v) is 7.26. The average Bonchev–Trinajstić information content (AvgIpc) is 2.95. The van der Waals surface area contributed by atoms with Crippen molar-refractivity contribution in [3.05, 3.63) is 112 Å². The van der Waals surface area contributed by atoms with Gasteiger partial charge in [0.25, 0.3) is 11.5 Å². The Kier molecular flexibility index (Phi) is 7.66. The highest BCUT2D eigenvalue weighted by Gasteiger charge is 2.22. The predicted octanol–water partition coefficient (Wildman–Crippen LogP) is 3.63. The number of aromatic nitrogens is 3. The molecule has 2 N–H and O–H groups in total. The molecular formula is C31H27N5O4S. The zero-order valence-electron chi connectivity index (χ0n) is 22.7. The van der Waals surface area contributed by atoms with E-state index in [1.807, 2.05) is 55.5 Å². The van der Waals surface area contributed by atoms with Crippen LogP contribution in [0.5, 0.6) is 0 Å². The summed E-state index contributed by atoms with van der Waals surface area (Å²) in [5.74, 6) is 5.36. The summed E-state index contributed by atoms with van der Waals surface area (Å²) >= 11 is 0. The number of para-hydroxylation sites is 1. The van der Waals surface area contributed by atoms with Gasteiger partial charge < -0.3 is 5.32 Å². The molecule has 5 aromatic rings. The van der Waals surface area contributed by atoms with E-state index in [1.165, 1.54) is 0 Å². The first kappa shape index (κ1) is 27.7. The smallest absolute Gasteiger partial charge is 0.264 e. The van der Waals surface area contributed by atoms with Crippen molar-refractivity contribution in [2.45, 2.75) is 19.9 Å². The molecule has 0 saturated carbocycles. The zero-order valence-corrected chi connectivity index (χ0v) is 23.5. The molecule has 0 aliphatic heterocycles. The van der Waals surface area contributed by atoms with Crippen LogP contribution in [-0.2, 0) is 10.0 Å². The Balaban J connectivity index is 1.61. The lowest BCUT2D eigenvalue weighted by molar-refractivity contribution is 0.0939. The fourth-order valence-corrected chi connectivity index (χ4v) is 5.04. The van der Waals surface area contributed by atoms with Gasteiger partial charge in [0, 0.05) is 34.7 Å². The number of pyridine rings is 3. The molecule has 0 aliphatic carbocycles. The predicted molar refractivity (Wildman–Crippen MR) is 159 cm³/mol. The molecule has 3 heterocycles. The molecule has 0 radical (unpaired) electrons. The highest BCUT2D eigenvalue weighted by Crippen LogP contribution is 2.24. The van der Waals surface area contributed by atoms with Gasteiger partial charge >= 0.3 is 0 Å². The number of benzene rings is 2. The highest BCUT2D eigenvalue weighted by atomic mass is 32.2. The van der Waals surface area contributed by atoms with Gasteiger partial charge in [0.2, 0.25) is 10.0 Å². The van der Waals surface area contributed by atoms with Crippen molar-refractivity contribution in [3.63, 3.8) is 0 Å². The van der Waals surface area contributed by atoms with Crippen molar-refractivity contribution < 1.29 is 13.2 Å². The number of carbonyl (C=O) groups is 1. The molecule has 41 heavy (non-hydrogen) atoms. The van der Waals surface area contributed by atoms with E-state index in [9.17, 15) is 18.0 Å². The van der Waals surface area contributed by atoms with Crippen molar-refractivity contribution in [1.29, 1.82) is 0 Å². The molecule has 1 atom stereocenters. The van der Waals surface area contributed by atoms with Gasteiger partial charge in [-0.05, 0) is 55.6 Å². The van der Waals surface area contributed by atoms with Gasteiger partial charge in [0.05, 0.1) is 41.0 Å². The van der Waals surface area contributed by atoms with Crippen molar-refractivity contribution in [3.8, 4) is 17.5 Å². The first-order valence-electron chi connectivity index (χ1n) is 12.8. The van der Waals surface area contributed by atoms with Gasteiger partial charge in [0.1, 0.15) is 0 Å². The number of hydrogen-bond acceptors (Lipinski definition) is 6. The minimum Gasteiger partial charge on any atom is -0.344 e. The molecule has 10 heteroatoms. The monoisotopic (exact) mass is 565 g/mol. The number of sulfonamides is 1. The lowest BCUT2D eigenvalue weighted by Gasteiger charge is -2.22. The minimum atomic E-state index is -3.39. The van der Waals surface area contributed by atoms with Crippen LogP contribution in [0.3, 0.4) is 0 Å². The van der Waals surface area contributed by atoms with Crippen molar-refractivity contribution in [2.75, 3.05) is 12.8 Å². The summed E-state index contributed by atoms with van der Waals surface area (Å²) in [6.45, 7) is 3.50. The van der Waals surface area contributed by atoms with E-state index >= 15 is 0 Å². The largest absolute Gasteiger partial charge is 0.344 e. The number of fused-ring (bicyclic) bond motifs is 2. The van der Waals surface area contributed by atoms with Gasteiger partial charge in [-0.15, -0.1) is 0 Å². The number of aryl methyl sites for hydroxylation is 1. The Labute approximate surface area is 237 Å². The van der Waals surface area contributed by atoms with E-state index in [4.69, 9.17) is 0 Å². The summed E-state index contributed by atoms with van der Waals surface area (Å²) in [6, 6.07) is 19.4. The maximum Gasteiger partial charge on any atom is 0.264 e. The zero-order chi connectivity index (χ0) is 29.1. The summed E-state index contributed by atoms with van der Waals surface area (Å²) in [6.07, 6.45) is 4.38. The Morgan fingerprint density at radius 2 is 1.78 bits per heavy atom. The van der Waals surface area contributed by atoms with Crippen LogP contribution in [0.4, 0.5) is 0 Å². The second kappa shape index (κ2) is 11.3. The Morgan fingerprint density at radius 1 is 1.02 bits per heavy atom. The first-order chi connectivity index (χ1) is 19.6. The summed E-state index contributed by atoms with van der Waals surface area (Å²) < 4.78 is 26.7. The molecule has 1 unspecified atom stereocenters. The fraction of sp³-hybridized carbons (Fsp3) is 0.161. The maximum absolute atomic E-state index is 14.1. The third-order valence-electron chi connectivity index (χ3n) is 6.59. The van der Waals surface area contributed by atoms with E-state index in [0.29, 0.717) is 44.5 Å². The topological polar surface area (TPSA) is 123 Å². The average molecular weight is 566 g/mol. The van der Waals surface area contributed by atoms with Gasteiger partial charge in [-0.1, -0.05) is 42.2 Å². The molecule has 2 aromatic carbocycles. The first-order valence-corrected chi connectivity index (χ1v) is 14.7. The quantitative estimate of drug-likeness (QED) is 0.303. The SMILES string of the molecule is Cc1ncc2cccnc2c1C(=O)NC(C)c1cc2cccc(C#CCNS(C)(=O)=O)c2c(=O)n1-c1ccccc1. The second-order valence-corrected chi connectivity index (χ2v) is 11.4. The summed E-state index contributed by atoms with van der Waals surface area (Å²) in [7, 11) is -3.39. The molecule has 9 nitrogen and oxygen atoms in total. The molecule has 206 valence electrons. The number of carbonyl (C=O) groups excluding carboxylic acids is 1. The molecule has 3 aromatic heterocycles. The molecule has 5 rings (SSSR count). The lowest BCUT2D eigenvalue weighted by Crippen LogP contribution is -2.32. The minimum absolute atomic E-state index is 0.0828. The van der Waals surface area contributed by atoms with Gasteiger partial charge in [0.15, 0.2) is 0 Å². The van der Waals surface area contributed by atoms with Crippen LogP contribution in [-0.4, -0.2) is 41.7 Å². The van der Waals surface area contributed by atoms with Crippen molar-refractivity contribution >= 4 is 37.6 Å². The highest BCUT2D eigenvalue weighted by molar-refractivity contribution is 7.88. The number of rotatable bonds is 6. The van der Waals surface area contributed by atoms with Crippen LogP contribution in [0, 0.1) is 18.8 Å². The normalized spacial score (nSPS) is 12.1. The Hall–Kier alpha value is -4.85. The van der Waals surface area contributed by atoms with Crippen molar-refractivity contribution in [2.24, 2.45) is 0 Å².